The van der Waals surface area contributed by atoms with Crippen LogP contribution in [0.5, 0.6) is 5.75 Å². The van der Waals surface area contributed by atoms with Crippen LogP contribution in [0.15, 0.2) is 42.6 Å². The molecule has 1 aromatic heterocycles. The molecular formula is C14H14ClN3O2. The summed E-state index contributed by atoms with van der Waals surface area (Å²) in [5.74, 6) is 1.05. The quantitative estimate of drug-likeness (QED) is 0.889. The molecule has 0 unspecified atom stereocenters. The van der Waals surface area contributed by atoms with Crippen molar-refractivity contribution in [1.29, 1.82) is 0 Å². The molecule has 2 rings (SSSR count). The van der Waals surface area contributed by atoms with Gasteiger partial charge in [0.25, 0.3) is 0 Å². The Balaban J connectivity index is 1.83. The number of hydrogen-bond acceptors (Lipinski definition) is 4. The maximum atomic E-state index is 11.7. The standard InChI is InChI=1S/C14H14ClN3O2/c1-20-12-5-3-11(4-6-12)16-9-14(19)18-13-7-2-10(15)8-17-13/h2-8,16H,9H2,1H3,(H,17,18,19). The minimum atomic E-state index is -0.185. The summed E-state index contributed by atoms with van der Waals surface area (Å²) in [7, 11) is 1.61. The van der Waals surface area contributed by atoms with E-state index in [1.807, 2.05) is 24.3 Å². The lowest BCUT2D eigenvalue weighted by atomic mass is 10.3. The predicted molar refractivity (Wildman–Crippen MR) is 79.4 cm³/mol. The van der Waals surface area contributed by atoms with Crippen molar-refractivity contribution >= 4 is 29.0 Å². The molecule has 0 aliphatic rings. The molecule has 0 saturated carbocycles. The average Bonchev–Trinajstić information content (AvgIpc) is 2.48. The van der Waals surface area contributed by atoms with Gasteiger partial charge in [-0.05, 0) is 36.4 Å². The van der Waals surface area contributed by atoms with Crippen molar-refractivity contribution in [2.75, 3.05) is 24.3 Å². The Hall–Kier alpha value is -2.27. The first-order chi connectivity index (χ1) is 9.67. The van der Waals surface area contributed by atoms with Crippen molar-refractivity contribution in [3.05, 3.63) is 47.6 Å². The van der Waals surface area contributed by atoms with Crippen LogP contribution in [0.2, 0.25) is 5.02 Å². The lowest BCUT2D eigenvalue weighted by Crippen LogP contribution is -2.22. The topological polar surface area (TPSA) is 63.2 Å². The Morgan fingerprint density at radius 3 is 2.60 bits per heavy atom. The third-order valence-electron chi connectivity index (χ3n) is 2.54. The molecule has 104 valence electrons. The predicted octanol–water partition coefficient (Wildman–Crippen LogP) is 2.79. The van der Waals surface area contributed by atoms with Gasteiger partial charge in [0.05, 0.1) is 18.7 Å². The molecular weight excluding hydrogens is 278 g/mol. The van der Waals surface area contributed by atoms with Gasteiger partial charge in [0.2, 0.25) is 5.91 Å². The zero-order valence-electron chi connectivity index (χ0n) is 10.9. The van der Waals surface area contributed by atoms with Crippen molar-refractivity contribution in [3.8, 4) is 5.75 Å². The van der Waals surface area contributed by atoms with E-state index >= 15 is 0 Å². The highest BCUT2D eigenvalue weighted by atomic mass is 35.5. The van der Waals surface area contributed by atoms with Crippen LogP contribution >= 0.6 is 11.6 Å². The second kappa shape index (κ2) is 6.77. The van der Waals surface area contributed by atoms with Crippen molar-refractivity contribution in [2.45, 2.75) is 0 Å². The van der Waals surface area contributed by atoms with Gasteiger partial charge in [-0.2, -0.15) is 0 Å². The summed E-state index contributed by atoms with van der Waals surface area (Å²) in [4.78, 5) is 15.7. The first kappa shape index (κ1) is 14.1. The van der Waals surface area contributed by atoms with Gasteiger partial charge in [0, 0.05) is 11.9 Å². The SMILES string of the molecule is COc1ccc(NCC(=O)Nc2ccc(Cl)cn2)cc1. The number of ether oxygens (including phenoxy) is 1. The molecule has 0 saturated heterocycles. The number of halogens is 1. The Morgan fingerprint density at radius 2 is 2.00 bits per heavy atom. The van der Waals surface area contributed by atoms with Crippen LogP contribution in [0, 0.1) is 0 Å². The van der Waals surface area contributed by atoms with Crippen LogP contribution in [0.25, 0.3) is 0 Å². The Kier molecular flexibility index (Phi) is 4.79. The van der Waals surface area contributed by atoms with E-state index in [9.17, 15) is 4.79 Å². The number of amides is 1. The van der Waals surface area contributed by atoms with Crippen molar-refractivity contribution < 1.29 is 9.53 Å². The number of benzene rings is 1. The van der Waals surface area contributed by atoms with E-state index in [-0.39, 0.29) is 12.5 Å². The number of anilines is 2. The molecule has 0 atom stereocenters. The summed E-state index contributed by atoms with van der Waals surface area (Å²) in [5.41, 5.74) is 0.838. The molecule has 0 bridgehead atoms. The van der Waals surface area contributed by atoms with Gasteiger partial charge in [-0.1, -0.05) is 11.6 Å². The number of pyridine rings is 1. The van der Waals surface area contributed by atoms with Crippen LogP contribution in [0.4, 0.5) is 11.5 Å². The number of methoxy groups -OCH3 is 1. The van der Waals surface area contributed by atoms with Crippen LogP contribution in [0.3, 0.4) is 0 Å². The number of hydrogen-bond donors (Lipinski definition) is 2. The maximum Gasteiger partial charge on any atom is 0.244 e. The molecule has 6 heteroatoms. The maximum absolute atomic E-state index is 11.7. The fraction of sp³-hybridized carbons (Fsp3) is 0.143. The molecule has 0 aliphatic carbocycles. The molecule has 0 aliphatic heterocycles. The molecule has 5 nitrogen and oxygen atoms in total. The number of rotatable bonds is 5. The van der Waals surface area contributed by atoms with E-state index in [1.54, 1.807) is 19.2 Å². The van der Waals surface area contributed by atoms with E-state index in [0.717, 1.165) is 11.4 Å². The Bertz CT molecular complexity index is 570. The minimum absolute atomic E-state index is 0.149. The van der Waals surface area contributed by atoms with E-state index in [0.29, 0.717) is 10.8 Å². The summed E-state index contributed by atoms with van der Waals surface area (Å²) in [5, 5.41) is 6.20. The van der Waals surface area contributed by atoms with Gasteiger partial charge >= 0.3 is 0 Å². The molecule has 2 aromatic rings. The van der Waals surface area contributed by atoms with Crippen molar-refractivity contribution in [1.82, 2.24) is 4.98 Å². The fourth-order valence-corrected chi connectivity index (χ4v) is 1.64. The third kappa shape index (κ3) is 4.13. The molecule has 0 spiro atoms. The number of nitrogens with one attached hydrogen (secondary N) is 2. The van der Waals surface area contributed by atoms with E-state index in [2.05, 4.69) is 15.6 Å². The zero-order valence-corrected chi connectivity index (χ0v) is 11.6. The highest BCUT2D eigenvalue weighted by Gasteiger charge is 2.03. The van der Waals surface area contributed by atoms with Gasteiger partial charge in [-0.3, -0.25) is 4.79 Å². The fourth-order valence-electron chi connectivity index (χ4n) is 1.53. The zero-order chi connectivity index (χ0) is 14.4. The molecule has 0 radical (unpaired) electrons. The van der Waals surface area contributed by atoms with E-state index in [1.165, 1.54) is 6.20 Å². The highest BCUT2D eigenvalue weighted by molar-refractivity contribution is 6.30. The van der Waals surface area contributed by atoms with Crippen LogP contribution < -0.4 is 15.4 Å². The van der Waals surface area contributed by atoms with Gasteiger partial charge < -0.3 is 15.4 Å². The smallest absolute Gasteiger partial charge is 0.244 e. The largest absolute Gasteiger partial charge is 0.497 e. The van der Waals surface area contributed by atoms with Gasteiger partial charge in [-0.15, -0.1) is 0 Å². The average molecular weight is 292 g/mol. The molecule has 0 fully saturated rings. The number of nitrogens with zero attached hydrogens (tertiary/aromatic N) is 1. The lowest BCUT2D eigenvalue weighted by molar-refractivity contribution is -0.114. The summed E-state index contributed by atoms with van der Waals surface area (Å²) < 4.78 is 5.06. The Labute approximate surface area is 121 Å². The minimum Gasteiger partial charge on any atom is -0.497 e. The van der Waals surface area contributed by atoms with Gasteiger partial charge in [0.1, 0.15) is 11.6 Å². The molecule has 1 amide bonds. The third-order valence-corrected chi connectivity index (χ3v) is 2.76. The van der Waals surface area contributed by atoms with Gasteiger partial charge in [0.15, 0.2) is 0 Å². The number of aromatic nitrogens is 1. The monoisotopic (exact) mass is 291 g/mol. The number of carbonyl (C=O) groups is 1. The number of carbonyl (C=O) groups excluding carboxylic acids is 1. The first-order valence-electron chi connectivity index (χ1n) is 5.97. The van der Waals surface area contributed by atoms with Crippen LogP contribution in [-0.2, 0) is 4.79 Å². The second-order valence-corrected chi connectivity index (χ2v) is 4.43. The van der Waals surface area contributed by atoms with E-state index in [4.69, 9.17) is 16.3 Å². The van der Waals surface area contributed by atoms with Crippen LogP contribution in [-0.4, -0.2) is 24.5 Å². The molecule has 20 heavy (non-hydrogen) atoms. The summed E-state index contributed by atoms with van der Waals surface area (Å²) in [6, 6.07) is 10.6. The molecule has 2 N–H and O–H groups in total. The normalized spacial score (nSPS) is 9.90. The molecule has 1 heterocycles. The summed E-state index contributed by atoms with van der Waals surface area (Å²) in [6.45, 7) is 0.149. The van der Waals surface area contributed by atoms with Gasteiger partial charge in [-0.25, -0.2) is 4.98 Å². The molecule has 1 aromatic carbocycles. The summed E-state index contributed by atoms with van der Waals surface area (Å²) >= 11 is 5.72. The second-order valence-electron chi connectivity index (χ2n) is 3.99. The first-order valence-corrected chi connectivity index (χ1v) is 6.34. The van der Waals surface area contributed by atoms with Crippen molar-refractivity contribution in [3.63, 3.8) is 0 Å². The highest BCUT2D eigenvalue weighted by Crippen LogP contribution is 2.14. The summed E-state index contributed by atoms with van der Waals surface area (Å²) in [6.07, 6.45) is 1.48. The van der Waals surface area contributed by atoms with Crippen molar-refractivity contribution in [2.24, 2.45) is 0 Å². The Morgan fingerprint density at radius 1 is 1.25 bits per heavy atom. The van der Waals surface area contributed by atoms with Crippen LogP contribution in [0.1, 0.15) is 0 Å². The van der Waals surface area contributed by atoms with E-state index < -0.39 is 0 Å². The lowest BCUT2D eigenvalue weighted by Gasteiger charge is -2.08.